The predicted molar refractivity (Wildman–Crippen MR) is 87.3 cm³/mol. The maximum Gasteiger partial charge on any atom is 0.131 e. The minimum Gasteiger partial charge on any atom is -0.381 e. The van der Waals surface area contributed by atoms with Crippen LogP contribution in [-0.2, 0) is 12.8 Å². The molecular weight excluding hydrogens is 304 g/mol. The first-order valence-corrected chi connectivity index (χ1v) is 8.80. The van der Waals surface area contributed by atoms with Gasteiger partial charge in [0.25, 0.3) is 0 Å². The molecule has 0 saturated carbocycles. The number of thiophene rings is 1. The van der Waals surface area contributed by atoms with Crippen LogP contribution in [0.5, 0.6) is 0 Å². The molecule has 0 spiro atoms. The Kier molecular flexibility index (Phi) is 4.38. The Morgan fingerprint density at radius 1 is 1.29 bits per heavy atom. The monoisotopic (exact) mass is 324 g/mol. The molecule has 0 saturated heterocycles. The van der Waals surface area contributed by atoms with Gasteiger partial charge in [0.2, 0.25) is 0 Å². The fourth-order valence-electron chi connectivity index (χ4n) is 2.98. The lowest BCUT2D eigenvalue weighted by molar-refractivity contribution is 0.209. The number of aliphatic hydroxyl groups excluding tert-OH is 1. The van der Waals surface area contributed by atoms with Gasteiger partial charge in [-0.25, -0.2) is 0 Å². The van der Waals surface area contributed by atoms with Crippen LogP contribution >= 0.6 is 22.9 Å². The Hall–Kier alpha value is -0.840. The first-order valence-electron chi connectivity index (χ1n) is 7.60. The Bertz CT molecular complexity index is 609. The molecule has 0 aromatic carbocycles. The SMILES string of the molecule is CC(C)n1ncc(Cl)c1C(O)c1cc2c(s1)CCCCC2. The summed E-state index contributed by atoms with van der Waals surface area (Å²) >= 11 is 7.98. The van der Waals surface area contributed by atoms with Crippen molar-refractivity contribution in [2.75, 3.05) is 0 Å². The van der Waals surface area contributed by atoms with Crippen LogP contribution in [0.3, 0.4) is 0 Å². The minimum absolute atomic E-state index is 0.180. The Morgan fingerprint density at radius 3 is 2.81 bits per heavy atom. The topological polar surface area (TPSA) is 38.0 Å². The summed E-state index contributed by atoms with van der Waals surface area (Å²) in [5.74, 6) is 0. The van der Waals surface area contributed by atoms with Crippen LogP contribution in [0.1, 0.15) is 66.3 Å². The van der Waals surface area contributed by atoms with Crippen LogP contribution in [0.4, 0.5) is 0 Å². The molecule has 1 unspecified atom stereocenters. The Balaban J connectivity index is 1.96. The van der Waals surface area contributed by atoms with Gasteiger partial charge in [0, 0.05) is 15.8 Å². The van der Waals surface area contributed by atoms with Crippen LogP contribution in [0.25, 0.3) is 0 Å². The smallest absolute Gasteiger partial charge is 0.131 e. The van der Waals surface area contributed by atoms with E-state index in [2.05, 4.69) is 11.2 Å². The second-order valence-electron chi connectivity index (χ2n) is 5.98. The van der Waals surface area contributed by atoms with Gasteiger partial charge in [-0.2, -0.15) is 5.10 Å². The summed E-state index contributed by atoms with van der Waals surface area (Å²) in [6.45, 7) is 4.09. The first-order chi connectivity index (χ1) is 10.1. The molecule has 2 aromatic heterocycles. The van der Waals surface area contributed by atoms with Crippen molar-refractivity contribution >= 4 is 22.9 Å². The fourth-order valence-corrected chi connectivity index (χ4v) is 4.46. The average Bonchev–Trinajstić information content (AvgIpc) is 2.96. The van der Waals surface area contributed by atoms with Gasteiger partial charge in [0.15, 0.2) is 0 Å². The number of aryl methyl sites for hydroxylation is 2. The van der Waals surface area contributed by atoms with E-state index in [1.165, 1.54) is 29.7 Å². The molecular formula is C16H21ClN2OS. The zero-order valence-electron chi connectivity index (χ0n) is 12.5. The Labute approximate surface area is 134 Å². The van der Waals surface area contributed by atoms with Crippen LogP contribution in [0.15, 0.2) is 12.3 Å². The van der Waals surface area contributed by atoms with Crippen molar-refractivity contribution in [3.63, 3.8) is 0 Å². The van der Waals surface area contributed by atoms with Gasteiger partial charge in [-0.1, -0.05) is 18.0 Å². The summed E-state index contributed by atoms with van der Waals surface area (Å²) in [6, 6.07) is 2.35. The number of hydrogen-bond donors (Lipinski definition) is 1. The molecule has 1 aliphatic carbocycles. The molecule has 0 amide bonds. The van der Waals surface area contributed by atoms with E-state index in [0.717, 1.165) is 17.7 Å². The zero-order valence-corrected chi connectivity index (χ0v) is 14.0. The van der Waals surface area contributed by atoms with Gasteiger partial charge in [-0.05, 0) is 51.2 Å². The zero-order chi connectivity index (χ0) is 15.0. The van der Waals surface area contributed by atoms with Crippen molar-refractivity contribution in [1.82, 2.24) is 9.78 Å². The third-order valence-electron chi connectivity index (χ3n) is 4.07. The number of aliphatic hydroxyl groups is 1. The second kappa shape index (κ2) is 6.11. The lowest BCUT2D eigenvalue weighted by Gasteiger charge is -2.15. The van der Waals surface area contributed by atoms with Crippen molar-refractivity contribution in [2.45, 2.75) is 58.1 Å². The van der Waals surface area contributed by atoms with Crippen LogP contribution in [0.2, 0.25) is 5.02 Å². The summed E-state index contributed by atoms with van der Waals surface area (Å²) < 4.78 is 1.82. The summed E-state index contributed by atoms with van der Waals surface area (Å²) in [5.41, 5.74) is 2.13. The molecule has 114 valence electrons. The maximum atomic E-state index is 10.8. The number of hydrogen-bond acceptors (Lipinski definition) is 3. The molecule has 2 aromatic rings. The van der Waals surface area contributed by atoms with Crippen molar-refractivity contribution in [1.29, 1.82) is 0 Å². The molecule has 1 atom stereocenters. The molecule has 5 heteroatoms. The third-order valence-corrected chi connectivity index (χ3v) is 5.65. The molecule has 1 aliphatic rings. The van der Waals surface area contributed by atoms with Crippen molar-refractivity contribution in [3.05, 3.63) is 38.3 Å². The highest BCUT2D eigenvalue weighted by atomic mass is 35.5. The molecule has 0 aliphatic heterocycles. The molecule has 3 nitrogen and oxygen atoms in total. The number of rotatable bonds is 3. The maximum absolute atomic E-state index is 10.8. The highest BCUT2D eigenvalue weighted by Crippen LogP contribution is 2.37. The van der Waals surface area contributed by atoms with Gasteiger partial charge in [-0.15, -0.1) is 11.3 Å². The molecule has 3 rings (SSSR count). The lowest BCUT2D eigenvalue weighted by Crippen LogP contribution is -2.11. The molecule has 2 heterocycles. The van der Waals surface area contributed by atoms with E-state index in [1.807, 2.05) is 18.5 Å². The molecule has 1 N–H and O–H groups in total. The minimum atomic E-state index is -0.681. The van der Waals surface area contributed by atoms with Crippen LogP contribution in [-0.4, -0.2) is 14.9 Å². The number of aromatic nitrogens is 2. The molecule has 21 heavy (non-hydrogen) atoms. The highest BCUT2D eigenvalue weighted by Gasteiger charge is 2.24. The number of fused-ring (bicyclic) bond motifs is 1. The van der Waals surface area contributed by atoms with Crippen LogP contribution in [0, 0.1) is 0 Å². The Morgan fingerprint density at radius 2 is 2.05 bits per heavy atom. The third kappa shape index (κ3) is 2.89. The van der Waals surface area contributed by atoms with Crippen molar-refractivity contribution in [3.8, 4) is 0 Å². The molecule has 0 radical (unpaired) electrons. The van der Waals surface area contributed by atoms with E-state index in [-0.39, 0.29) is 6.04 Å². The summed E-state index contributed by atoms with van der Waals surface area (Å²) in [5, 5.41) is 15.6. The number of halogens is 1. The number of nitrogens with zero attached hydrogens (tertiary/aromatic N) is 2. The van der Waals surface area contributed by atoms with Crippen molar-refractivity contribution < 1.29 is 5.11 Å². The van der Waals surface area contributed by atoms with Gasteiger partial charge >= 0.3 is 0 Å². The van der Waals surface area contributed by atoms with E-state index in [1.54, 1.807) is 17.5 Å². The lowest BCUT2D eigenvalue weighted by atomic mass is 10.1. The average molecular weight is 325 g/mol. The van der Waals surface area contributed by atoms with E-state index in [9.17, 15) is 5.11 Å². The van der Waals surface area contributed by atoms with E-state index in [0.29, 0.717) is 10.7 Å². The summed E-state index contributed by atoms with van der Waals surface area (Å²) in [6.07, 6.45) is 7.04. The predicted octanol–water partition coefficient (Wildman–Crippen LogP) is 4.53. The van der Waals surface area contributed by atoms with Gasteiger partial charge in [0.05, 0.1) is 16.9 Å². The van der Waals surface area contributed by atoms with E-state index in [4.69, 9.17) is 11.6 Å². The molecule has 0 bridgehead atoms. The fraction of sp³-hybridized carbons (Fsp3) is 0.562. The largest absolute Gasteiger partial charge is 0.381 e. The van der Waals surface area contributed by atoms with Gasteiger partial charge in [-0.3, -0.25) is 4.68 Å². The molecule has 0 fully saturated rings. The highest BCUT2D eigenvalue weighted by molar-refractivity contribution is 7.12. The standard InChI is InChI=1S/C16H21ClN2OS/c1-10(2)19-15(12(17)9-18-19)16(20)14-8-11-6-4-3-5-7-13(11)21-14/h8-10,16,20H,3-7H2,1-2H3. The van der Waals surface area contributed by atoms with Crippen LogP contribution < -0.4 is 0 Å². The summed E-state index contributed by atoms with van der Waals surface area (Å²) in [7, 11) is 0. The quantitative estimate of drug-likeness (QED) is 0.842. The normalized spacial score (nSPS) is 16.8. The van der Waals surface area contributed by atoms with Gasteiger partial charge in [0.1, 0.15) is 6.10 Å². The van der Waals surface area contributed by atoms with E-state index >= 15 is 0 Å². The van der Waals surface area contributed by atoms with E-state index < -0.39 is 6.10 Å². The van der Waals surface area contributed by atoms with Gasteiger partial charge < -0.3 is 5.11 Å². The van der Waals surface area contributed by atoms with Crippen molar-refractivity contribution in [2.24, 2.45) is 0 Å². The summed E-state index contributed by atoms with van der Waals surface area (Å²) in [4.78, 5) is 2.43. The first kappa shape index (κ1) is 15.1. The second-order valence-corrected chi connectivity index (χ2v) is 7.55.